The zero-order valence-electron chi connectivity index (χ0n) is 17.7. The Balaban J connectivity index is 2.02. The van der Waals surface area contributed by atoms with Crippen molar-refractivity contribution >= 4 is 11.6 Å². The molecule has 1 aliphatic heterocycles. The van der Waals surface area contributed by atoms with Crippen LogP contribution in [0.4, 0.5) is 10.2 Å². The van der Waals surface area contributed by atoms with Crippen LogP contribution in [0.25, 0.3) is 11.1 Å². The Labute approximate surface area is 179 Å². The van der Waals surface area contributed by atoms with E-state index in [2.05, 4.69) is 16.2 Å². The molecule has 7 nitrogen and oxygen atoms in total. The number of ketones is 1. The smallest absolute Gasteiger partial charge is 0.169 e. The summed E-state index contributed by atoms with van der Waals surface area (Å²) in [5.41, 5.74) is 8.11. The average molecular weight is 419 g/mol. The topological polar surface area (TPSA) is 107 Å². The Hall–Kier alpha value is -3.73. The number of halogens is 1. The zero-order valence-corrected chi connectivity index (χ0v) is 17.7. The predicted octanol–water partition coefficient (Wildman–Crippen LogP) is 3.98. The molecule has 0 radical (unpaired) electrons. The van der Waals surface area contributed by atoms with Crippen LogP contribution in [0.5, 0.6) is 5.75 Å². The number of rotatable bonds is 0. The number of carbonyl (C=O) groups is 1. The van der Waals surface area contributed by atoms with Gasteiger partial charge in [0.05, 0.1) is 5.69 Å². The number of aromatic nitrogens is 3. The standard InChI is InChI=1S/C23H22FN5O2/c1-12-16-8-14(24)5-6-15(16)21(30)23(2,3)9-17-20(18(10-25)29(4)28-17)13-7-19(31-12)22(26)27-11-13/h5-8,11-12H,9H2,1-4H3,(H2,26,27). The van der Waals surface area contributed by atoms with Gasteiger partial charge in [-0.2, -0.15) is 10.4 Å². The lowest BCUT2D eigenvalue weighted by atomic mass is 9.77. The number of hydrogen-bond acceptors (Lipinski definition) is 6. The van der Waals surface area contributed by atoms with E-state index < -0.39 is 17.3 Å². The highest BCUT2D eigenvalue weighted by molar-refractivity contribution is 6.01. The Morgan fingerprint density at radius 3 is 2.81 bits per heavy atom. The fourth-order valence-electron chi connectivity index (χ4n) is 4.02. The third-order valence-electron chi connectivity index (χ3n) is 5.62. The maximum atomic E-state index is 14.1. The largest absolute Gasteiger partial charge is 0.482 e. The van der Waals surface area contributed by atoms with Crippen LogP contribution in [0.15, 0.2) is 30.5 Å². The van der Waals surface area contributed by atoms with Gasteiger partial charge in [0.1, 0.15) is 23.7 Å². The third-order valence-corrected chi connectivity index (χ3v) is 5.62. The minimum Gasteiger partial charge on any atom is -0.482 e. The molecule has 31 heavy (non-hydrogen) atoms. The molecule has 1 atom stereocenters. The molecule has 3 heterocycles. The Morgan fingerprint density at radius 1 is 1.35 bits per heavy atom. The number of nitrogens with zero attached hydrogens (tertiary/aromatic N) is 4. The monoisotopic (exact) mass is 419 g/mol. The van der Waals surface area contributed by atoms with Gasteiger partial charge in [0.25, 0.3) is 0 Å². The molecule has 0 saturated carbocycles. The molecule has 1 aromatic carbocycles. The first-order valence-electron chi connectivity index (χ1n) is 9.85. The summed E-state index contributed by atoms with van der Waals surface area (Å²) in [6.45, 7) is 5.36. The summed E-state index contributed by atoms with van der Waals surface area (Å²) < 4.78 is 21.6. The number of carbonyl (C=O) groups excluding carboxylic acids is 1. The zero-order chi connectivity index (χ0) is 22.5. The highest BCUT2D eigenvalue weighted by Crippen LogP contribution is 2.39. The number of fused-ring (bicyclic) bond motifs is 5. The molecule has 2 aromatic heterocycles. The van der Waals surface area contributed by atoms with Crippen LogP contribution in [0, 0.1) is 22.6 Å². The Kier molecular flexibility index (Phi) is 4.77. The van der Waals surface area contributed by atoms with E-state index in [0.29, 0.717) is 33.6 Å². The number of hydrogen-bond donors (Lipinski definition) is 1. The molecule has 1 unspecified atom stereocenters. The van der Waals surface area contributed by atoms with Crippen molar-refractivity contribution < 1.29 is 13.9 Å². The molecule has 0 fully saturated rings. The molecule has 0 aliphatic carbocycles. The van der Waals surface area contributed by atoms with Crippen LogP contribution in [-0.4, -0.2) is 20.5 Å². The van der Waals surface area contributed by atoms with Gasteiger partial charge in [-0.15, -0.1) is 0 Å². The number of ether oxygens (including phenoxy) is 1. The first kappa shape index (κ1) is 20.5. The van der Waals surface area contributed by atoms with E-state index in [-0.39, 0.29) is 23.8 Å². The second kappa shape index (κ2) is 7.20. The SMILES string of the molecule is CC1Oc2cc(cnc2N)-c2c(nn(C)c2C#N)CC(C)(C)C(=O)c2ccc(F)cc21. The molecular formula is C23H22FN5O2. The lowest BCUT2D eigenvalue weighted by Crippen LogP contribution is -2.29. The van der Waals surface area contributed by atoms with Crippen LogP contribution in [-0.2, 0) is 13.5 Å². The molecule has 0 saturated heterocycles. The number of aryl methyl sites for hydroxylation is 1. The molecule has 1 aliphatic rings. The van der Waals surface area contributed by atoms with E-state index in [1.54, 1.807) is 26.2 Å². The van der Waals surface area contributed by atoms with Gasteiger partial charge in [0.15, 0.2) is 17.4 Å². The number of benzene rings is 1. The van der Waals surface area contributed by atoms with Gasteiger partial charge in [-0.05, 0) is 31.2 Å². The van der Waals surface area contributed by atoms with Crippen molar-refractivity contribution in [3.63, 3.8) is 0 Å². The van der Waals surface area contributed by atoms with Crippen molar-refractivity contribution in [2.24, 2.45) is 12.5 Å². The summed E-state index contributed by atoms with van der Waals surface area (Å²) in [5, 5.41) is 14.3. The maximum Gasteiger partial charge on any atom is 0.169 e. The number of pyridine rings is 1. The average Bonchev–Trinajstić information content (AvgIpc) is 3.02. The molecule has 4 rings (SSSR count). The van der Waals surface area contributed by atoms with Crippen LogP contribution < -0.4 is 10.5 Å². The van der Waals surface area contributed by atoms with Crippen LogP contribution in [0.3, 0.4) is 0 Å². The fourth-order valence-corrected chi connectivity index (χ4v) is 4.02. The van der Waals surface area contributed by atoms with Crippen molar-refractivity contribution in [3.8, 4) is 22.9 Å². The second-order valence-electron chi connectivity index (χ2n) is 8.39. The quantitative estimate of drug-likeness (QED) is 0.591. The van der Waals surface area contributed by atoms with Gasteiger partial charge in [-0.1, -0.05) is 13.8 Å². The van der Waals surface area contributed by atoms with Crippen LogP contribution in [0.2, 0.25) is 0 Å². The highest BCUT2D eigenvalue weighted by Gasteiger charge is 2.35. The molecule has 0 spiro atoms. The Bertz CT molecular complexity index is 1260. The van der Waals surface area contributed by atoms with E-state index in [1.807, 2.05) is 13.8 Å². The van der Waals surface area contributed by atoms with E-state index in [1.165, 1.54) is 22.9 Å². The van der Waals surface area contributed by atoms with Gasteiger partial charge in [-0.25, -0.2) is 9.37 Å². The summed E-state index contributed by atoms with van der Waals surface area (Å²) in [4.78, 5) is 17.8. The number of nitrogens with two attached hydrogens (primary N) is 1. The molecule has 8 heteroatoms. The number of nitriles is 1. The van der Waals surface area contributed by atoms with Gasteiger partial charge in [-0.3, -0.25) is 9.48 Å². The normalized spacial score (nSPS) is 17.4. The summed E-state index contributed by atoms with van der Waals surface area (Å²) in [7, 11) is 1.68. The van der Waals surface area contributed by atoms with E-state index >= 15 is 0 Å². The van der Waals surface area contributed by atoms with Crippen molar-refractivity contribution in [2.75, 3.05) is 5.73 Å². The van der Waals surface area contributed by atoms with Gasteiger partial charge < -0.3 is 10.5 Å². The number of Topliss-reactive ketones (excluding diaryl/α,β-unsaturated/α-hetero) is 1. The maximum absolute atomic E-state index is 14.1. The first-order valence-corrected chi connectivity index (χ1v) is 9.85. The summed E-state index contributed by atoms with van der Waals surface area (Å²) in [6, 6.07) is 7.95. The summed E-state index contributed by atoms with van der Waals surface area (Å²) >= 11 is 0. The van der Waals surface area contributed by atoms with E-state index in [0.717, 1.165) is 0 Å². The number of anilines is 1. The fraction of sp³-hybridized carbons (Fsp3) is 0.304. The van der Waals surface area contributed by atoms with Crippen molar-refractivity contribution in [3.05, 3.63) is 58.8 Å². The van der Waals surface area contributed by atoms with Crippen LogP contribution >= 0.6 is 0 Å². The highest BCUT2D eigenvalue weighted by atomic mass is 19.1. The van der Waals surface area contributed by atoms with E-state index in [4.69, 9.17) is 10.5 Å². The number of nitrogen functional groups attached to an aromatic ring is 1. The first-order chi connectivity index (χ1) is 14.6. The summed E-state index contributed by atoms with van der Waals surface area (Å²) in [5.74, 6) is -0.187. The molecule has 2 bridgehead atoms. The molecule has 0 amide bonds. The van der Waals surface area contributed by atoms with Gasteiger partial charge in [0, 0.05) is 47.3 Å². The predicted molar refractivity (Wildman–Crippen MR) is 113 cm³/mol. The molecule has 3 aromatic rings. The van der Waals surface area contributed by atoms with E-state index in [9.17, 15) is 14.4 Å². The lowest BCUT2D eigenvalue weighted by Gasteiger charge is -2.27. The Morgan fingerprint density at radius 2 is 2.10 bits per heavy atom. The van der Waals surface area contributed by atoms with Gasteiger partial charge >= 0.3 is 0 Å². The van der Waals surface area contributed by atoms with Crippen molar-refractivity contribution in [2.45, 2.75) is 33.3 Å². The third kappa shape index (κ3) is 3.42. The minimum absolute atomic E-state index is 0.154. The second-order valence-corrected chi connectivity index (χ2v) is 8.39. The lowest BCUT2D eigenvalue weighted by molar-refractivity contribution is 0.0831. The molecule has 158 valence electrons. The molecular weight excluding hydrogens is 397 g/mol. The van der Waals surface area contributed by atoms with Crippen molar-refractivity contribution in [1.29, 1.82) is 5.26 Å². The van der Waals surface area contributed by atoms with Gasteiger partial charge in [0.2, 0.25) is 0 Å². The minimum atomic E-state index is -0.870. The van der Waals surface area contributed by atoms with Crippen molar-refractivity contribution in [1.82, 2.24) is 14.8 Å². The molecule has 2 N–H and O–H groups in total. The summed E-state index contributed by atoms with van der Waals surface area (Å²) in [6.07, 6.45) is 1.18. The van der Waals surface area contributed by atoms with Crippen LogP contribution in [0.1, 0.15) is 54.2 Å².